The molecule has 0 bridgehead atoms. The number of amides is 1. The number of pyridine rings is 1. The number of likely N-dealkylation sites (N-methyl/N-ethyl adjacent to an activating group) is 1. The summed E-state index contributed by atoms with van der Waals surface area (Å²) in [5, 5.41) is 6.75. The van der Waals surface area contributed by atoms with Crippen LogP contribution in [-0.2, 0) is 12.7 Å². The number of anilines is 2. The van der Waals surface area contributed by atoms with Gasteiger partial charge in [0.25, 0.3) is 5.91 Å². The molecule has 0 spiro atoms. The predicted molar refractivity (Wildman–Crippen MR) is 158 cm³/mol. The highest BCUT2D eigenvalue weighted by Gasteiger charge is 2.36. The molecule has 2 atom stereocenters. The summed E-state index contributed by atoms with van der Waals surface area (Å²) in [6.07, 6.45) is -1.62. The number of hydrogen-bond acceptors (Lipinski definition) is 6. The minimum Gasteiger partial charge on any atom is -0.367 e. The van der Waals surface area contributed by atoms with E-state index in [-0.39, 0.29) is 17.8 Å². The highest BCUT2D eigenvalue weighted by molar-refractivity contribution is 7.07. The summed E-state index contributed by atoms with van der Waals surface area (Å²) < 4.78 is 57.0. The van der Waals surface area contributed by atoms with Crippen LogP contribution in [0, 0.1) is 5.82 Å². The van der Waals surface area contributed by atoms with Gasteiger partial charge in [-0.25, -0.2) is 4.39 Å². The van der Waals surface area contributed by atoms with E-state index in [9.17, 15) is 22.8 Å². The van der Waals surface area contributed by atoms with Crippen molar-refractivity contribution < 1.29 is 22.4 Å². The van der Waals surface area contributed by atoms with E-state index in [1.165, 1.54) is 17.7 Å². The van der Waals surface area contributed by atoms with Gasteiger partial charge in [-0.3, -0.25) is 19.4 Å². The van der Waals surface area contributed by atoms with Crippen LogP contribution in [0.25, 0.3) is 5.57 Å². The monoisotopic (exact) mass is 603 g/mol. The Kier molecular flexibility index (Phi) is 8.58. The molecule has 2 aromatic heterocycles. The van der Waals surface area contributed by atoms with Gasteiger partial charge < -0.3 is 15.2 Å². The first kappa shape index (κ1) is 30.0. The summed E-state index contributed by atoms with van der Waals surface area (Å²) in [5.74, 6) is -1.51. The van der Waals surface area contributed by atoms with E-state index >= 15 is 4.39 Å². The summed E-state index contributed by atoms with van der Waals surface area (Å²) in [6, 6.07) is 5.56. The number of aromatic nitrogens is 1. The molecule has 0 radical (unpaired) electrons. The molecule has 2 N–H and O–H groups in total. The molecule has 2 aliphatic heterocycles. The Hall–Kier alpha value is -3.48. The van der Waals surface area contributed by atoms with Gasteiger partial charge in [0.2, 0.25) is 5.56 Å². The molecule has 0 saturated carbocycles. The molecule has 3 aromatic rings. The quantitative estimate of drug-likeness (QED) is 0.356. The average Bonchev–Trinajstić information content (AvgIpc) is 3.45. The Morgan fingerprint density at radius 2 is 1.90 bits per heavy atom. The van der Waals surface area contributed by atoms with E-state index in [4.69, 9.17) is 0 Å². The number of nitrogens with zero attached hydrogens (tertiary/aromatic N) is 3. The van der Waals surface area contributed by atoms with Gasteiger partial charge in [0, 0.05) is 62.6 Å². The van der Waals surface area contributed by atoms with Crippen LogP contribution in [0.4, 0.5) is 28.9 Å². The number of carbonyl (C=O) groups excluding carboxylic acids is 1. The van der Waals surface area contributed by atoms with Crippen molar-refractivity contribution in [2.75, 3.05) is 43.4 Å². The maximum atomic E-state index is 15.8. The fourth-order valence-corrected chi connectivity index (χ4v) is 6.26. The van der Waals surface area contributed by atoms with Crippen molar-refractivity contribution in [1.82, 2.24) is 14.8 Å². The number of thiophene rings is 1. The molecule has 1 amide bonds. The fraction of sp³-hybridized carbons (Fsp3) is 0.400. The van der Waals surface area contributed by atoms with Crippen molar-refractivity contribution in [2.24, 2.45) is 0 Å². The molecule has 1 fully saturated rings. The maximum Gasteiger partial charge on any atom is 0.417 e. The van der Waals surface area contributed by atoms with Gasteiger partial charge >= 0.3 is 6.18 Å². The first-order valence-electron chi connectivity index (χ1n) is 13.7. The first-order chi connectivity index (χ1) is 19.9. The molecule has 5 rings (SSSR count). The number of alkyl halides is 3. The molecular weight excluding hydrogens is 570 g/mol. The third-order valence-electron chi connectivity index (χ3n) is 8.13. The van der Waals surface area contributed by atoms with Crippen LogP contribution in [0.5, 0.6) is 0 Å². The van der Waals surface area contributed by atoms with Crippen LogP contribution in [-0.4, -0.2) is 66.0 Å². The predicted octanol–water partition coefficient (Wildman–Crippen LogP) is 5.66. The second-order valence-corrected chi connectivity index (χ2v) is 11.8. The standard InChI is InChI=1S/C30H33F4N5O2S/c1-18-14-39(15-19(2)37(18)3)27-12-25(31)22(21-4-7-38(8-5-21)16-20-6-9-42-17-20)10-26(27)36-29(41)23-13-35-28(40)11-24(23)30(32,33)34/h4,6,9-13,17-19H,5,7-8,14-16H2,1-3H3,(H,35,40)(H,36,41). The largest absolute Gasteiger partial charge is 0.417 e. The lowest BCUT2D eigenvalue weighted by Gasteiger charge is -2.44. The van der Waals surface area contributed by atoms with Crippen LogP contribution in [0.1, 0.15) is 47.3 Å². The lowest BCUT2D eigenvalue weighted by molar-refractivity contribution is -0.138. The summed E-state index contributed by atoms with van der Waals surface area (Å²) in [7, 11) is 2.01. The minimum atomic E-state index is -4.91. The zero-order valence-electron chi connectivity index (χ0n) is 23.6. The van der Waals surface area contributed by atoms with Gasteiger partial charge in [0.05, 0.1) is 22.5 Å². The van der Waals surface area contributed by atoms with Crippen LogP contribution in [0.15, 0.2) is 52.1 Å². The number of nitrogens with one attached hydrogen (secondary N) is 2. The number of piperazine rings is 1. The summed E-state index contributed by atoms with van der Waals surface area (Å²) in [5.41, 5.74) is -0.135. The van der Waals surface area contributed by atoms with Gasteiger partial charge in [-0.2, -0.15) is 24.5 Å². The number of hydrogen-bond donors (Lipinski definition) is 2. The zero-order chi connectivity index (χ0) is 30.2. The number of benzene rings is 1. The van der Waals surface area contributed by atoms with Gasteiger partial charge in [-0.15, -0.1) is 0 Å². The summed E-state index contributed by atoms with van der Waals surface area (Å²) in [6.45, 7) is 7.27. The SMILES string of the molecule is CC1CN(c2cc(F)c(C3=CCN(Cc4ccsc4)CC3)cc2NC(=O)c2c[nH]c(=O)cc2C(F)(F)F)CC(C)N1C. The Morgan fingerprint density at radius 3 is 2.52 bits per heavy atom. The van der Waals surface area contributed by atoms with Gasteiger partial charge in [0.1, 0.15) is 5.82 Å². The molecule has 42 heavy (non-hydrogen) atoms. The second kappa shape index (κ2) is 12.0. The maximum absolute atomic E-state index is 15.8. The molecule has 1 aromatic carbocycles. The highest BCUT2D eigenvalue weighted by Crippen LogP contribution is 2.37. The van der Waals surface area contributed by atoms with Gasteiger partial charge in [-0.1, -0.05) is 6.08 Å². The minimum absolute atomic E-state index is 0.117. The summed E-state index contributed by atoms with van der Waals surface area (Å²) in [4.78, 5) is 33.5. The highest BCUT2D eigenvalue weighted by atomic mass is 32.1. The van der Waals surface area contributed by atoms with Crippen molar-refractivity contribution in [3.05, 3.63) is 85.7 Å². The van der Waals surface area contributed by atoms with Gasteiger partial charge in [0.15, 0.2) is 0 Å². The Morgan fingerprint density at radius 1 is 1.17 bits per heavy atom. The molecule has 7 nitrogen and oxygen atoms in total. The van der Waals surface area contributed by atoms with Crippen LogP contribution >= 0.6 is 11.3 Å². The van der Waals surface area contributed by atoms with E-state index < -0.39 is 34.6 Å². The molecular formula is C30H33F4N5O2S. The van der Waals surface area contributed by atoms with Crippen molar-refractivity contribution >= 4 is 34.2 Å². The molecule has 1 saturated heterocycles. The lowest BCUT2D eigenvalue weighted by Crippen LogP contribution is -2.55. The number of H-pyrrole nitrogens is 1. The zero-order valence-corrected chi connectivity index (χ0v) is 24.4. The fourth-order valence-electron chi connectivity index (χ4n) is 5.60. The average molecular weight is 604 g/mol. The normalized spacial score (nSPS) is 20.5. The smallest absolute Gasteiger partial charge is 0.367 e. The Labute approximate surface area is 245 Å². The molecule has 4 heterocycles. The van der Waals surface area contributed by atoms with E-state index in [2.05, 4.69) is 31.5 Å². The van der Waals surface area contributed by atoms with Crippen molar-refractivity contribution in [1.29, 1.82) is 0 Å². The summed E-state index contributed by atoms with van der Waals surface area (Å²) >= 11 is 1.64. The molecule has 0 aliphatic carbocycles. The van der Waals surface area contributed by atoms with Gasteiger partial charge in [-0.05, 0) is 67.4 Å². The number of halogens is 4. The topological polar surface area (TPSA) is 71.7 Å². The first-order valence-corrected chi connectivity index (χ1v) is 14.7. The second-order valence-electron chi connectivity index (χ2n) is 11.0. The van der Waals surface area contributed by atoms with Crippen LogP contribution < -0.4 is 15.8 Å². The number of rotatable bonds is 6. The van der Waals surface area contributed by atoms with E-state index in [0.717, 1.165) is 18.3 Å². The number of carbonyl (C=O) groups is 1. The molecule has 2 unspecified atom stereocenters. The van der Waals surface area contributed by atoms with Crippen molar-refractivity contribution in [3.63, 3.8) is 0 Å². The third kappa shape index (κ3) is 6.45. The van der Waals surface area contributed by atoms with Crippen molar-refractivity contribution in [3.8, 4) is 0 Å². The van der Waals surface area contributed by atoms with Crippen LogP contribution in [0.2, 0.25) is 0 Å². The van der Waals surface area contributed by atoms with Crippen LogP contribution in [0.3, 0.4) is 0 Å². The van der Waals surface area contributed by atoms with E-state index in [0.29, 0.717) is 49.9 Å². The van der Waals surface area contributed by atoms with Crippen molar-refractivity contribution in [2.45, 2.75) is 45.1 Å². The Bertz CT molecular complexity index is 1520. The van der Waals surface area contributed by atoms with E-state index in [1.807, 2.05) is 37.3 Å². The molecule has 12 heteroatoms. The third-order valence-corrected chi connectivity index (χ3v) is 8.87. The lowest BCUT2D eigenvalue weighted by atomic mass is 9.96. The molecule has 224 valence electrons. The number of aromatic amines is 1. The van der Waals surface area contributed by atoms with E-state index in [1.54, 1.807) is 11.3 Å². The Balaban J connectivity index is 1.50. The molecule has 2 aliphatic rings.